The Morgan fingerprint density at radius 1 is 1.19 bits per heavy atom. The number of ether oxygens (including phenoxy) is 1. The molecule has 2 aromatic rings. The minimum absolute atomic E-state index is 0.215. The van der Waals surface area contributed by atoms with Crippen molar-refractivity contribution in [1.29, 1.82) is 0 Å². The van der Waals surface area contributed by atoms with E-state index in [1.807, 2.05) is 12.1 Å². The molecule has 4 heteroatoms. The number of hydrogen-bond acceptors (Lipinski definition) is 3. The average molecular weight is 283 g/mol. The predicted molar refractivity (Wildman–Crippen MR) is 81.2 cm³/mol. The summed E-state index contributed by atoms with van der Waals surface area (Å²) in [5.74, 6) is -0.284. The van der Waals surface area contributed by atoms with Gasteiger partial charge in [0.05, 0.1) is 18.4 Å². The topological polar surface area (TPSA) is 58.6 Å². The molecule has 21 heavy (non-hydrogen) atoms. The molecule has 1 aliphatic rings. The highest BCUT2D eigenvalue weighted by Crippen LogP contribution is 2.28. The fourth-order valence-electron chi connectivity index (χ4n) is 2.84. The Labute approximate surface area is 123 Å². The van der Waals surface area contributed by atoms with Crippen LogP contribution in [0.4, 0.5) is 5.69 Å². The highest BCUT2D eigenvalue weighted by Gasteiger charge is 2.22. The molecule has 0 spiro atoms. The van der Waals surface area contributed by atoms with Gasteiger partial charge in [0.1, 0.15) is 5.75 Å². The van der Waals surface area contributed by atoms with E-state index in [4.69, 9.17) is 4.74 Å². The lowest BCUT2D eigenvalue weighted by Crippen LogP contribution is -2.21. The predicted octanol–water partition coefficient (Wildman–Crippen LogP) is 2.97. The summed E-state index contributed by atoms with van der Waals surface area (Å²) < 4.78 is 5.18. The van der Waals surface area contributed by atoms with Gasteiger partial charge >= 0.3 is 5.97 Å². The van der Waals surface area contributed by atoms with Crippen LogP contribution in [0.3, 0.4) is 0 Å². The van der Waals surface area contributed by atoms with Crippen molar-refractivity contribution < 1.29 is 14.6 Å². The summed E-state index contributed by atoms with van der Waals surface area (Å²) in [5, 5.41) is 12.6. The van der Waals surface area contributed by atoms with Crippen LogP contribution in [0.1, 0.15) is 21.5 Å². The zero-order valence-electron chi connectivity index (χ0n) is 11.8. The van der Waals surface area contributed by atoms with E-state index in [1.165, 1.54) is 11.1 Å². The molecule has 2 aromatic carbocycles. The first kappa shape index (κ1) is 13.5. The van der Waals surface area contributed by atoms with Crippen molar-refractivity contribution >= 4 is 11.7 Å². The molecule has 0 amide bonds. The van der Waals surface area contributed by atoms with Crippen LogP contribution in [-0.2, 0) is 12.8 Å². The van der Waals surface area contributed by atoms with Crippen molar-refractivity contribution in [2.45, 2.75) is 18.9 Å². The van der Waals surface area contributed by atoms with E-state index in [1.54, 1.807) is 25.3 Å². The van der Waals surface area contributed by atoms with Crippen LogP contribution >= 0.6 is 0 Å². The summed E-state index contributed by atoms with van der Waals surface area (Å²) in [5.41, 5.74) is 3.54. The van der Waals surface area contributed by atoms with E-state index >= 15 is 0 Å². The molecule has 0 aliphatic heterocycles. The number of carbonyl (C=O) groups is 1. The quantitative estimate of drug-likeness (QED) is 0.905. The van der Waals surface area contributed by atoms with Crippen molar-refractivity contribution in [3.05, 3.63) is 59.2 Å². The molecule has 0 bridgehead atoms. The number of benzene rings is 2. The number of fused-ring (bicyclic) bond motifs is 1. The van der Waals surface area contributed by atoms with Gasteiger partial charge in [0.15, 0.2) is 0 Å². The van der Waals surface area contributed by atoms with Crippen LogP contribution in [0, 0.1) is 0 Å². The highest BCUT2D eigenvalue weighted by atomic mass is 16.5. The fraction of sp³-hybridized carbons (Fsp3) is 0.235. The van der Waals surface area contributed by atoms with E-state index in [0.29, 0.717) is 11.4 Å². The summed E-state index contributed by atoms with van der Waals surface area (Å²) in [6.45, 7) is 0. The van der Waals surface area contributed by atoms with Gasteiger partial charge in [0.25, 0.3) is 0 Å². The minimum atomic E-state index is -0.935. The standard InChI is InChI=1S/C17H17NO3/c1-21-14-6-7-15(17(19)20)16(10-14)18-13-8-11-4-2-3-5-12(11)9-13/h2-7,10,13,18H,8-9H2,1H3,(H,19,20). The third kappa shape index (κ3) is 2.70. The number of carboxylic acids is 1. The lowest BCUT2D eigenvalue weighted by molar-refractivity contribution is 0.0698. The van der Waals surface area contributed by atoms with E-state index < -0.39 is 5.97 Å². The number of anilines is 1. The maximum Gasteiger partial charge on any atom is 0.337 e. The van der Waals surface area contributed by atoms with Gasteiger partial charge in [-0.15, -0.1) is 0 Å². The zero-order chi connectivity index (χ0) is 14.8. The molecule has 0 fully saturated rings. The Morgan fingerprint density at radius 3 is 2.43 bits per heavy atom. The Hall–Kier alpha value is -2.49. The van der Waals surface area contributed by atoms with Gasteiger partial charge in [-0.1, -0.05) is 24.3 Å². The molecule has 4 nitrogen and oxygen atoms in total. The van der Waals surface area contributed by atoms with Crippen LogP contribution in [0.2, 0.25) is 0 Å². The molecular weight excluding hydrogens is 266 g/mol. The molecule has 0 radical (unpaired) electrons. The van der Waals surface area contributed by atoms with Crippen molar-refractivity contribution in [3.63, 3.8) is 0 Å². The summed E-state index contributed by atoms with van der Waals surface area (Å²) in [4.78, 5) is 11.3. The maximum atomic E-state index is 11.3. The van der Waals surface area contributed by atoms with Crippen LogP contribution in [0.5, 0.6) is 5.75 Å². The average Bonchev–Trinajstić information content (AvgIpc) is 2.89. The third-order valence-corrected chi connectivity index (χ3v) is 3.87. The zero-order valence-corrected chi connectivity index (χ0v) is 11.8. The lowest BCUT2D eigenvalue weighted by atomic mass is 10.1. The van der Waals surface area contributed by atoms with Gasteiger partial charge < -0.3 is 15.2 Å². The highest BCUT2D eigenvalue weighted by molar-refractivity contribution is 5.94. The molecule has 0 unspecified atom stereocenters. The summed E-state index contributed by atoms with van der Waals surface area (Å²) in [6.07, 6.45) is 1.82. The number of nitrogens with one attached hydrogen (secondary N) is 1. The van der Waals surface area contributed by atoms with Crippen LogP contribution < -0.4 is 10.1 Å². The molecule has 0 saturated heterocycles. The van der Waals surface area contributed by atoms with Crippen LogP contribution in [-0.4, -0.2) is 24.2 Å². The first-order valence-corrected chi connectivity index (χ1v) is 6.92. The molecule has 108 valence electrons. The van der Waals surface area contributed by atoms with Gasteiger partial charge in [-0.3, -0.25) is 0 Å². The normalized spacial score (nSPS) is 13.8. The van der Waals surface area contributed by atoms with Crippen LogP contribution in [0.25, 0.3) is 0 Å². The van der Waals surface area contributed by atoms with Gasteiger partial charge in [-0.25, -0.2) is 4.79 Å². The number of rotatable bonds is 4. The van der Waals surface area contributed by atoms with Crippen molar-refractivity contribution in [2.24, 2.45) is 0 Å². The number of carboxylic acid groups (broad SMARTS) is 1. The summed E-state index contributed by atoms with van der Waals surface area (Å²) in [6, 6.07) is 13.5. The maximum absolute atomic E-state index is 11.3. The number of aromatic carboxylic acids is 1. The van der Waals surface area contributed by atoms with E-state index in [9.17, 15) is 9.90 Å². The molecule has 0 aromatic heterocycles. The molecular formula is C17H17NO3. The summed E-state index contributed by atoms with van der Waals surface area (Å²) >= 11 is 0. The number of hydrogen-bond donors (Lipinski definition) is 2. The van der Waals surface area contributed by atoms with E-state index in [2.05, 4.69) is 17.4 Å². The van der Waals surface area contributed by atoms with Gasteiger partial charge in [0.2, 0.25) is 0 Å². The molecule has 0 heterocycles. The second-order valence-corrected chi connectivity index (χ2v) is 5.23. The number of methoxy groups -OCH3 is 1. The SMILES string of the molecule is COc1ccc(C(=O)O)c(NC2Cc3ccccc3C2)c1. The van der Waals surface area contributed by atoms with Crippen molar-refractivity contribution in [3.8, 4) is 5.75 Å². The minimum Gasteiger partial charge on any atom is -0.497 e. The van der Waals surface area contributed by atoms with Crippen molar-refractivity contribution in [1.82, 2.24) is 0 Å². The van der Waals surface area contributed by atoms with Crippen LogP contribution in [0.15, 0.2) is 42.5 Å². The molecule has 1 aliphatic carbocycles. The Balaban J connectivity index is 1.84. The molecule has 0 saturated carbocycles. The van der Waals surface area contributed by atoms with E-state index in [0.717, 1.165) is 12.8 Å². The second kappa shape index (κ2) is 5.48. The second-order valence-electron chi connectivity index (χ2n) is 5.23. The Kier molecular flexibility index (Phi) is 3.52. The van der Waals surface area contributed by atoms with Gasteiger partial charge in [-0.2, -0.15) is 0 Å². The first-order valence-electron chi connectivity index (χ1n) is 6.92. The fourth-order valence-corrected chi connectivity index (χ4v) is 2.84. The molecule has 3 rings (SSSR count). The van der Waals surface area contributed by atoms with Gasteiger partial charge in [0, 0.05) is 12.1 Å². The van der Waals surface area contributed by atoms with Gasteiger partial charge in [-0.05, 0) is 36.1 Å². The Morgan fingerprint density at radius 2 is 1.86 bits per heavy atom. The third-order valence-electron chi connectivity index (χ3n) is 3.87. The lowest BCUT2D eigenvalue weighted by Gasteiger charge is -2.16. The van der Waals surface area contributed by atoms with E-state index in [-0.39, 0.29) is 11.6 Å². The summed E-state index contributed by atoms with van der Waals surface area (Å²) in [7, 11) is 1.57. The molecule has 2 N–H and O–H groups in total. The largest absolute Gasteiger partial charge is 0.497 e. The monoisotopic (exact) mass is 283 g/mol. The van der Waals surface area contributed by atoms with Crippen molar-refractivity contribution in [2.75, 3.05) is 12.4 Å². The first-order chi connectivity index (χ1) is 10.2. The molecule has 0 atom stereocenters. The Bertz CT molecular complexity index is 656. The smallest absolute Gasteiger partial charge is 0.337 e.